The van der Waals surface area contributed by atoms with Crippen molar-refractivity contribution >= 4 is 34.5 Å². The summed E-state index contributed by atoms with van der Waals surface area (Å²) in [5.41, 5.74) is 0.638. The molecule has 0 aromatic heterocycles. The van der Waals surface area contributed by atoms with Crippen molar-refractivity contribution < 1.29 is 14.3 Å². The number of nitrogens with zero attached hydrogens (tertiary/aromatic N) is 1. The summed E-state index contributed by atoms with van der Waals surface area (Å²) < 4.78 is 5.69. The van der Waals surface area contributed by atoms with Gasteiger partial charge in [-0.25, -0.2) is 0 Å². The van der Waals surface area contributed by atoms with Gasteiger partial charge in [0.15, 0.2) is 0 Å². The highest BCUT2D eigenvalue weighted by Crippen LogP contribution is 2.12. The molecular weight excluding hydrogens is 357 g/mol. The first-order valence-electron chi connectivity index (χ1n) is 6.09. The first-order chi connectivity index (χ1) is 8.95. The maximum Gasteiger partial charge on any atom is 0.307 e. The summed E-state index contributed by atoms with van der Waals surface area (Å²) in [6.45, 7) is 4.24. The van der Waals surface area contributed by atoms with Crippen LogP contribution in [-0.2, 0) is 9.53 Å². The van der Waals surface area contributed by atoms with Gasteiger partial charge in [-0.05, 0) is 60.7 Å². The second-order valence-electron chi connectivity index (χ2n) is 4.43. The summed E-state index contributed by atoms with van der Waals surface area (Å²) in [5.74, 6) is -0.364. The first-order valence-corrected chi connectivity index (χ1v) is 7.17. The third-order valence-corrected chi connectivity index (χ3v) is 3.48. The molecule has 1 aromatic carbocycles. The second-order valence-corrected chi connectivity index (χ2v) is 5.67. The van der Waals surface area contributed by atoms with E-state index in [4.69, 9.17) is 0 Å². The SMILES string of the molecule is COC(=O)CCN(C(=O)c1ccc(I)cc1)C(C)C. The number of amides is 1. The molecule has 4 nitrogen and oxygen atoms in total. The van der Waals surface area contributed by atoms with E-state index in [2.05, 4.69) is 27.3 Å². The van der Waals surface area contributed by atoms with E-state index in [1.165, 1.54) is 7.11 Å². The van der Waals surface area contributed by atoms with E-state index in [9.17, 15) is 9.59 Å². The summed E-state index contributed by atoms with van der Waals surface area (Å²) in [6, 6.07) is 7.44. The number of hydrogen-bond donors (Lipinski definition) is 0. The number of methoxy groups -OCH3 is 1. The molecule has 0 N–H and O–H groups in total. The van der Waals surface area contributed by atoms with Crippen LogP contribution in [0.25, 0.3) is 0 Å². The molecule has 0 radical (unpaired) electrons. The summed E-state index contributed by atoms with van der Waals surface area (Å²) in [6.07, 6.45) is 0.213. The molecule has 1 amide bonds. The fourth-order valence-corrected chi connectivity index (χ4v) is 2.03. The summed E-state index contributed by atoms with van der Waals surface area (Å²) in [7, 11) is 1.35. The fourth-order valence-electron chi connectivity index (χ4n) is 1.67. The van der Waals surface area contributed by atoms with Crippen molar-refractivity contribution in [1.29, 1.82) is 0 Å². The Balaban J connectivity index is 2.78. The standard InChI is InChI=1S/C14H18INO3/c1-10(2)16(9-8-13(17)19-3)14(18)11-4-6-12(15)7-5-11/h4-7,10H,8-9H2,1-3H3. The minimum absolute atomic E-state index is 0.0384. The maximum absolute atomic E-state index is 12.4. The molecule has 0 heterocycles. The van der Waals surface area contributed by atoms with Gasteiger partial charge >= 0.3 is 5.97 Å². The Hall–Kier alpha value is -1.11. The predicted octanol–water partition coefficient (Wildman–Crippen LogP) is 2.70. The van der Waals surface area contributed by atoms with Crippen molar-refractivity contribution in [3.63, 3.8) is 0 Å². The van der Waals surface area contributed by atoms with Gasteiger partial charge in [0.25, 0.3) is 5.91 Å². The number of benzene rings is 1. The van der Waals surface area contributed by atoms with Gasteiger partial charge in [0.05, 0.1) is 13.5 Å². The lowest BCUT2D eigenvalue weighted by atomic mass is 10.1. The van der Waals surface area contributed by atoms with Gasteiger partial charge in [0.1, 0.15) is 0 Å². The van der Waals surface area contributed by atoms with Gasteiger partial charge in [0.2, 0.25) is 0 Å². The molecule has 0 aliphatic heterocycles. The van der Waals surface area contributed by atoms with Crippen molar-refractivity contribution in [3.8, 4) is 0 Å². The summed E-state index contributed by atoms with van der Waals surface area (Å²) >= 11 is 2.19. The fraction of sp³-hybridized carbons (Fsp3) is 0.429. The largest absolute Gasteiger partial charge is 0.469 e. The van der Waals surface area contributed by atoms with Crippen LogP contribution in [0.4, 0.5) is 0 Å². The topological polar surface area (TPSA) is 46.6 Å². The van der Waals surface area contributed by atoms with Gasteiger partial charge in [-0.2, -0.15) is 0 Å². The minimum Gasteiger partial charge on any atom is -0.469 e. The normalized spacial score (nSPS) is 10.4. The number of carbonyl (C=O) groups excluding carboxylic acids is 2. The summed E-state index contributed by atoms with van der Waals surface area (Å²) in [4.78, 5) is 25.2. The van der Waals surface area contributed by atoms with E-state index >= 15 is 0 Å². The van der Waals surface area contributed by atoms with Gasteiger partial charge in [-0.3, -0.25) is 9.59 Å². The monoisotopic (exact) mass is 375 g/mol. The maximum atomic E-state index is 12.4. The molecule has 0 aliphatic carbocycles. The molecule has 104 valence electrons. The minimum atomic E-state index is -0.305. The lowest BCUT2D eigenvalue weighted by Crippen LogP contribution is -2.38. The molecule has 0 bridgehead atoms. The number of carbonyl (C=O) groups is 2. The molecule has 0 saturated heterocycles. The third kappa shape index (κ3) is 4.81. The van der Waals surface area contributed by atoms with Crippen LogP contribution in [0.2, 0.25) is 0 Å². The molecule has 0 spiro atoms. The number of halogens is 1. The van der Waals surface area contributed by atoms with E-state index in [1.54, 1.807) is 17.0 Å². The zero-order valence-corrected chi connectivity index (χ0v) is 13.5. The van der Waals surface area contributed by atoms with Gasteiger partial charge in [0, 0.05) is 21.7 Å². The van der Waals surface area contributed by atoms with Crippen LogP contribution in [0.5, 0.6) is 0 Å². The zero-order chi connectivity index (χ0) is 14.4. The quantitative estimate of drug-likeness (QED) is 0.587. The highest BCUT2D eigenvalue weighted by Gasteiger charge is 2.19. The average molecular weight is 375 g/mol. The molecule has 0 unspecified atom stereocenters. The average Bonchev–Trinajstić information content (AvgIpc) is 2.38. The Morgan fingerprint density at radius 1 is 1.26 bits per heavy atom. The van der Waals surface area contributed by atoms with Crippen molar-refractivity contribution in [1.82, 2.24) is 4.90 Å². The molecule has 0 fully saturated rings. The van der Waals surface area contributed by atoms with E-state index in [0.717, 1.165) is 3.57 Å². The van der Waals surface area contributed by atoms with Gasteiger partial charge in [-0.1, -0.05) is 0 Å². The molecule has 1 rings (SSSR count). The Bertz CT molecular complexity index is 443. The summed E-state index contributed by atoms with van der Waals surface area (Å²) in [5, 5.41) is 0. The Labute approximate surface area is 127 Å². The third-order valence-electron chi connectivity index (χ3n) is 2.76. The van der Waals surface area contributed by atoms with Crippen LogP contribution < -0.4 is 0 Å². The Morgan fingerprint density at radius 2 is 1.84 bits per heavy atom. The van der Waals surface area contributed by atoms with Crippen LogP contribution in [0.15, 0.2) is 24.3 Å². The van der Waals surface area contributed by atoms with Crippen molar-refractivity contribution in [2.75, 3.05) is 13.7 Å². The van der Waals surface area contributed by atoms with Crippen molar-refractivity contribution in [2.24, 2.45) is 0 Å². The number of rotatable bonds is 5. The molecule has 1 aromatic rings. The highest BCUT2D eigenvalue weighted by molar-refractivity contribution is 14.1. The molecule has 0 saturated carbocycles. The van der Waals surface area contributed by atoms with E-state index in [1.807, 2.05) is 26.0 Å². The van der Waals surface area contributed by atoms with Crippen LogP contribution in [-0.4, -0.2) is 36.5 Å². The predicted molar refractivity (Wildman–Crippen MR) is 82.0 cm³/mol. The number of hydrogen-bond acceptors (Lipinski definition) is 3. The van der Waals surface area contributed by atoms with Crippen LogP contribution in [0.1, 0.15) is 30.6 Å². The zero-order valence-electron chi connectivity index (χ0n) is 11.4. The number of esters is 1. The first kappa shape index (κ1) is 15.9. The molecule has 0 atom stereocenters. The van der Waals surface area contributed by atoms with Gasteiger partial charge in [-0.15, -0.1) is 0 Å². The lowest BCUT2D eigenvalue weighted by Gasteiger charge is -2.26. The van der Waals surface area contributed by atoms with Crippen LogP contribution in [0.3, 0.4) is 0 Å². The van der Waals surface area contributed by atoms with Crippen LogP contribution >= 0.6 is 22.6 Å². The molecule has 5 heteroatoms. The second kappa shape index (κ2) is 7.47. The Kier molecular flexibility index (Phi) is 6.27. The molecule has 19 heavy (non-hydrogen) atoms. The number of ether oxygens (including phenoxy) is 1. The lowest BCUT2D eigenvalue weighted by molar-refractivity contribution is -0.140. The molecular formula is C14H18INO3. The molecule has 0 aliphatic rings. The smallest absolute Gasteiger partial charge is 0.307 e. The Morgan fingerprint density at radius 3 is 2.32 bits per heavy atom. The van der Waals surface area contributed by atoms with E-state index < -0.39 is 0 Å². The van der Waals surface area contributed by atoms with Gasteiger partial charge < -0.3 is 9.64 Å². The van der Waals surface area contributed by atoms with Crippen molar-refractivity contribution in [2.45, 2.75) is 26.3 Å². The highest BCUT2D eigenvalue weighted by atomic mass is 127. The van der Waals surface area contributed by atoms with Crippen molar-refractivity contribution in [3.05, 3.63) is 33.4 Å². The van der Waals surface area contributed by atoms with E-state index in [-0.39, 0.29) is 24.3 Å². The van der Waals surface area contributed by atoms with E-state index in [0.29, 0.717) is 12.1 Å². The van der Waals surface area contributed by atoms with Crippen LogP contribution in [0, 0.1) is 3.57 Å².